The van der Waals surface area contributed by atoms with Gasteiger partial charge in [0.15, 0.2) is 5.13 Å². The van der Waals surface area contributed by atoms with Gasteiger partial charge in [-0.05, 0) is 49.6 Å². The lowest BCUT2D eigenvalue weighted by Gasteiger charge is -2.31. The highest BCUT2D eigenvalue weighted by Crippen LogP contribution is 2.32. The fraction of sp³-hybridized carbons (Fsp3) is 0.440. The van der Waals surface area contributed by atoms with E-state index in [9.17, 15) is 4.79 Å². The van der Waals surface area contributed by atoms with Gasteiger partial charge in [0.25, 0.3) is 0 Å². The van der Waals surface area contributed by atoms with Crippen molar-refractivity contribution in [3.8, 4) is 0 Å². The molecule has 1 saturated heterocycles. The van der Waals surface area contributed by atoms with Crippen molar-refractivity contribution in [3.05, 3.63) is 59.7 Å². The molecule has 0 unspecified atom stereocenters. The van der Waals surface area contributed by atoms with Gasteiger partial charge in [0.1, 0.15) is 0 Å². The predicted octanol–water partition coefficient (Wildman–Crippen LogP) is 4.32. The summed E-state index contributed by atoms with van der Waals surface area (Å²) in [5.74, 6) is 0.307. The molecule has 2 aromatic carbocycles. The second-order valence-corrected chi connectivity index (χ2v) is 9.44. The lowest BCUT2D eigenvalue weighted by atomic mass is 9.96. The third-order valence-corrected chi connectivity index (χ3v) is 7.15. The molecule has 1 aliphatic rings. The Hall–Kier alpha value is -2.44. The summed E-state index contributed by atoms with van der Waals surface area (Å²) < 4.78 is 1.26. The van der Waals surface area contributed by atoms with Crippen LogP contribution in [0.3, 0.4) is 0 Å². The van der Waals surface area contributed by atoms with Crippen LogP contribution >= 0.6 is 11.3 Å². The third-order valence-electron chi connectivity index (χ3n) is 6.07. The summed E-state index contributed by atoms with van der Waals surface area (Å²) in [7, 11) is 2.10. The van der Waals surface area contributed by atoms with E-state index in [-0.39, 0.29) is 11.8 Å². The highest BCUT2D eigenvalue weighted by Gasteiger charge is 2.26. The number of aromatic nitrogens is 1. The Kier molecular flexibility index (Phi) is 7.20. The zero-order valence-corrected chi connectivity index (χ0v) is 19.3. The molecule has 1 amide bonds. The van der Waals surface area contributed by atoms with E-state index < -0.39 is 0 Å². The molecule has 2 heterocycles. The van der Waals surface area contributed by atoms with E-state index in [0.29, 0.717) is 6.54 Å². The number of thiazole rings is 1. The number of hydrogen-bond donors (Lipinski definition) is 1. The topological polar surface area (TPSA) is 48.5 Å². The number of benzene rings is 2. The third kappa shape index (κ3) is 5.63. The zero-order valence-electron chi connectivity index (χ0n) is 18.5. The maximum Gasteiger partial charge on any atom is 0.223 e. The van der Waals surface area contributed by atoms with Crippen molar-refractivity contribution < 1.29 is 4.79 Å². The number of hydrogen-bond acceptors (Lipinski definition) is 5. The maximum atomic E-state index is 12.6. The Labute approximate surface area is 189 Å². The van der Waals surface area contributed by atoms with Gasteiger partial charge < -0.3 is 15.1 Å². The van der Waals surface area contributed by atoms with Gasteiger partial charge in [0, 0.05) is 38.6 Å². The van der Waals surface area contributed by atoms with Crippen LogP contribution in [-0.4, -0.2) is 49.0 Å². The summed E-state index contributed by atoms with van der Waals surface area (Å²) in [6.45, 7) is 6.42. The lowest BCUT2D eigenvalue weighted by Crippen LogP contribution is -2.42. The first-order valence-electron chi connectivity index (χ1n) is 11.3. The van der Waals surface area contributed by atoms with E-state index in [2.05, 4.69) is 71.6 Å². The summed E-state index contributed by atoms with van der Waals surface area (Å²) in [6.07, 6.45) is 2.83. The average molecular weight is 437 g/mol. The second-order valence-electron chi connectivity index (χ2n) is 8.43. The van der Waals surface area contributed by atoms with Crippen LogP contribution in [0.5, 0.6) is 0 Å². The normalized spacial score (nSPS) is 15.0. The largest absolute Gasteiger partial charge is 0.355 e. The Morgan fingerprint density at radius 3 is 2.68 bits per heavy atom. The number of carbonyl (C=O) groups excluding carboxylic acids is 1. The number of rotatable bonds is 8. The quantitative estimate of drug-likeness (QED) is 0.571. The Morgan fingerprint density at radius 1 is 1.16 bits per heavy atom. The SMILES string of the molecule is CCc1ccc2nc(N3CCC(C(=O)NCCN(C)Cc4ccccc4)CC3)sc2c1. The number of aryl methyl sites for hydroxylation is 1. The number of nitrogens with zero attached hydrogens (tertiary/aromatic N) is 3. The van der Waals surface area contributed by atoms with Gasteiger partial charge in [-0.25, -0.2) is 4.98 Å². The van der Waals surface area contributed by atoms with Crippen LogP contribution in [-0.2, 0) is 17.8 Å². The standard InChI is InChI=1S/C25H32N4OS/c1-3-19-9-10-22-23(17-19)31-25(27-22)29-14-11-21(12-15-29)24(30)26-13-16-28(2)18-20-7-5-4-6-8-20/h4-10,17,21H,3,11-16,18H2,1-2H3,(H,26,30). The van der Waals surface area contributed by atoms with Crippen LogP contribution in [0.25, 0.3) is 10.2 Å². The van der Waals surface area contributed by atoms with Crippen molar-refractivity contribution >= 4 is 32.6 Å². The highest BCUT2D eigenvalue weighted by molar-refractivity contribution is 7.22. The number of nitrogens with one attached hydrogen (secondary N) is 1. The summed E-state index contributed by atoms with van der Waals surface area (Å²) in [6, 6.07) is 17.0. The van der Waals surface area contributed by atoms with Gasteiger partial charge in [-0.2, -0.15) is 0 Å². The molecule has 1 fully saturated rings. The molecule has 0 aliphatic carbocycles. The number of amides is 1. The van der Waals surface area contributed by atoms with Gasteiger partial charge in [0.2, 0.25) is 5.91 Å². The first-order valence-corrected chi connectivity index (χ1v) is 12.1. The molecule has 6 heteroatoms. The van der Waals surface area contributed by atoms with Gasteiger partial charge in [-0.1, -0.05) is 54.7 Å². The van der Waals surface area contributed by atoms with Crippen molar-refractivity contribution in [2.75, 3.05) is 38.1 Å². The fourth-order valence-corrected chi connectivity index (χ4v) is 5.21. The summed E-state index contributed by atoms with van der Waals surface area (Å²) in [4.78, 5) is 22.0. The monoisotopic (exact) mass is 436 g/mol. The molecule has 5 nitrogen and oxygen atoms in total. The smallest absolute Gasteiger partial charge is 0.223 e. The fourth-order valence-electron chi connectivity index (χ4n) is 4.13. The summed E-state index contributed by atoms with van der Waals surface area (Å²) in [5.41, 5.74) is 3.73. The van der Waals surface area contributed by atoms with Crippen molar-refractivity contribution in [1.82, 2.24) is 15.2 Å². The van der Waals surface area contributed by atoms with Crippen LogP contribution in [0.1, 0.15) is 30.9 Å². The highest BCUT2D eigenvalue weighted by atomic mass is 32.1. The molecular formula is C25H32N4OS. The molecule has 0 spiro atoms. The van der Waals surface area contributed by atoms with Crippen molar-refractivity contribution in [2.24, 2.45) is 5.92 Å². The number of likely N-dealkylation sites (N-methyl/N-ethyl adjacent to an activating group) is 1. The van der Waals surface area contributed by atoms with Crippen LogP contribution in [0.2, 0.25) is 0 Å². The average Bonchev–Trinajstić information content (AvgIpc) is 3.23. The molecule has 1 N–H and O–H groups in total. The molecule has 0 radical (unpaired) electrons. The number of piperidine rings is 1. The Bertz CT molecular complexity index is 995. The molecule has 31 heavy (non-hydrogen) atoms. The maximum absolute atomic E-state index is 12.6. The van der Waals surface area contributed by atoms with Crippen molar-refractivity contribution in [3.63, 3.8) is 0 Å². The van der Waals surface area contributed by atoms with E-state index in [1.54, 1.807) is 11.3 Å². The zero-order chi connectivity index (χ0) is 21.6. The molecule has 0 saturated carbocycles. The molecule has 4 rings (SSSR count). The molecular weight excluding hydrogens is 404 g/mol. The van der Waals surface area contributed by atoms with E-state index >= 15 is 0 Å². The van der Waals surface area contributed by atoms with Gasteiger partial charge >= 0.3 is 0 Å². The number of anilines is 1. The summed E-state index contributed by atoms with van der Waals surface area (Å²) >= 11 is 1.77. The van der Waals surface area contributed by atoms with E-state index in [0.717, 1.165) is 56.1 Å². The Balaban J connectivity index is 1.21. The molecule has 1 aliphatic heterocycles. The van der Waals surface area contributed by atoms with Gasteiger partial charge in [-0.15, -0.1) is 0 Å². The first kappa shape index (κ1) is 21.8. The predicted molar refractivity (Wildman–Crippen MR) is 130 cm³/mol. The first-order chi connectivity index (χ1) is 15.1. The van der Waals surface area contributed by atoms with Gasteiger partial charge in [0.05, 0.1) is 10.2 Å². The van der Waals surface area contributed by atoms with Crippen LogP contribution < -0.4 is 10.2 Å². The molecule has 164 valence electrons. The minimum atomic E-state index is 0.108. The molecule has 0 bridgehead atoms. The van der Waals surface area contributed by atoms with Crippen LogP contribution in [0, 0.1) is 5.92 Å². The van der Waals surface area contributed by atoms with E-state index in [1.807, 2.05) is 6.07 Å². The van der Waals surface area contributed by atoms with Crippen LogP contribution in [0.4, 0.5) is 5.13 Å². The molecule has 1 aromatic heterocycles. The van der Waals surface area contributed by atoms with Crippen LogP contribution in [0.15, 0.2) is 48.5 Å². The molecule has 3 aromatic rings. The van der Waals surface area contributed by atoms with E-state index in [1.165, 1.54) is 15.8 Å². The number of carbonyl (C=O) groups is 1. The summed E-state index contributed by atoms with van der Waals surface area (Å²) in [5, 5.41) is 4.23. The molecule has 0 atom stereocenters. The van der Waals surface area contributed by atoms with Crippen molar-refractivity contribution in [1.29, 1.82) is 0 Å². The van der Waals surface area contributed by atoms with Crippen molar-refractivity contribution in [2.45, 2.75) is 32.7 Å². The Morgan fingerprint density at radius 2 is 1.94 bits per heavy atom. The number of fused-ring (bicyclic) bond motifs is 1. The minimum Gasteiger partial charge on any atom is -0.355 e. The lowest BCUT2D eigenvalue weighted by molar-refractivity contribution is -0.125. The minimum absolute atomic E-state index is 0.108. The van der Waals surface area contributed by atoms with Gasteiger partial charge in [-0.3, -0.25) is 4.79 Å². The van der Waals surface area contributed by atoms with E-state index in [4.69, 9.17) is 4.98 Å². The second kappa shape index (κ2) is 10.2.